The summed E-state index contributed by atoms with van der Waals surface area (Å²) in [5.41, 5.74) is 1.35. The molecule has 1 aromatic carbocycles. The summed E-state index contributed by atoms with van der Waals surface area (Å²) in [6.07, 6.45) is 7.03. The standard InChI is InChI=1S/C24H34N6S/c1-19-9-8-16-30(18-19)22-17-21(29-14-5-6-15-29)26-23(27-22)28-24(31)25-13-7-12-20-10-3-2-4-11-20/h2-4,10-11,17,19H,5-9,12-16,18H2,1H3,(H2,25,26,27,28,31). The maximum absolute atomic E-state index is 5.53. The van der Waals surface area contributed by atoms with Crippen molar-refractivity contribution in [2.75, 3.05) is 47.8 Å². The van der Waals surface area contributed by atoms with Gasteiger partial charge in [0.15, 0.2) is 5.11 Å². The number of nitrogens with one attached hydrogen (secondary N) is 2. The van der Waals surface area contributed by atoms with E-state index in [0.29, 0.717) is 17.0 Å². The van der Waals surface area contributed by atoms with Gasteiger partial charge in [-0.05, 0) is 62.2 Å². The van der Waals surface area contributed by atoms with Gasteiger partial charge in [-0.3, -0.25) is 0 Å². The van der Waals surface area contributed by atoms with Crippen LogP contribution in [0.15, 0.2) is 36.4 Å². The quantitative estimate of drug-likeness (QED) is 0.495. The molecule has 1 unspecified atom stereocenters. The Morgan fingerprint density at radius 1 is 1.03 bits per heavy atom. The van der Waals surface area contributed by atoms with E-state index < -0.39 is 0 Å². The van der Waals surface area contributed by atoms with Crippen LogP contribution in [0.4, 0.5) is 17.6 Å². The zero-order valence-corrected chi connectivity index (χ0v) is 19.3. The fraction of sp³-hybridized carbons (Fsp3) is 0.542. The molecule has 6 nitrogen and oxygen atoms in total. The first-order valence-electron chi connectivity index (χ1n) is 11.6. The van der Waals surface area contributed by atoms with Crippen molar-refractivity contribution in [3.63, 3.8) is 0 Å². The van der Waals surface area contributed by atoms with E-state index in [1.165, 1.54) is 31.2 Å². The molecule has 0 radical (unpaired) electrons. The van der Waals surface area contributed by atoms with Gasteiger partial charge in [-0.1, -0.05) is 37.3 Å². The van der Waals surface area contributed by atoms with Gasteiger partial charge in [0.2, 0.25) is 5.95 Å². The zero-order chi connectivity index (χ0) is 21.5. The van der Waals surface area contributed by atoms with Gasteiger partial charge in [0.1, 0.15) is 11.6 Å². The predicted octanol–water partition coefficient (Wildman–Crippen LogP) is 4.23. The SMILES string of the molecule is CC1CCCN(c2cc(N3CCCC3)nc(NC(=S)NCCCc3ccccc3)n2)C1. The summed E-state index contributed by atoms with van der Waals surface area (Å²) < 4.78 is 0. The average Bonchev–Trinajstić information content (AvgIpc) is 3.32. The molecule has 0 amide bonds. The molecule has 1 atom stereocenters. The lowest BCUT2D eigenvalue weighted by Crippen LogP contribution is -2.36. The minimum Gasteiger partial charge on any atom is -0.362 e. The molecular weight excluding hydrogens is 404 g/mol. The van der Waals surface area contributed by atoms with Crippen molar-refractivity contribution in [2.45, 2.75) is 45.4 Å². The van der Waals surface area contributed by atoms with Crippen molar-refractivity contribution >= 4 is 34.9 Å². The van der Waals surface area contributed by atoms with Crippen LogP contribution in [0.25, 0.3) is 0 Å². The maximum atomic E-state index is 5.53. The lowest BCUT2D eigenvalue weighted by Gasteiger charge is -2.32. The number of benzene rings is 1. The topological polar surface area (TPSA) is 56.3 Å². The molecule has 2 aromatic rings. The van der Waals surface area contributed by atoms with Crippen LogP contribution in [-0.4, -0.2) is 47.8 Å². The van der Waals surface area contributed by atoms with Crippen LogP contribution >= 0.6 is 12.2 Å². The highest BCUT2D eigenvalue weighted by Gasteiger charge is 2.22. The largest absolute Gasteiger partial charge is 0.362 e. The maximum Gasteiger partial charge on any atom is 0.232 e. The molecule has 2 fully saturated rings. The monoisotopic (exact) mass is 438 g/mol. The Bertz CT molecular complexity index is 852. The van der Waals surface area contributed by atoms with Crippen LogP contribution in [0.3, 0.4) is 0 Å². The highest BCUT2D eigenvalue weighted by molar-refractivity contribution is 7.80. The second kappa shape index (κ2) is 10.8. The van der Waals surface area contributed by atoms with Gasteiger partial charge in [-0.25, -0.2) is 0 Å². The molecule has 3 heterocycles. The lowest BCUT2D eigenvalue weighted by molar-refractivity contribution is 0.444. The minimum absolute atomic E-state index is 0.588. The number of aryl methyl sites for hydroxylation is 1. The van der Waals surface area contributed by atoms with Crippen LogP contribution in [0.5, 0.6) is 0 Å². The van der Waals surface area contributed by atoms with Crippen LogP contribution in [-0.2, 0) is 6.42 Å². The van der Waals surface area contributed by atoms with E-state index in [9.17, 15) is 0 Å². The van der Waals surface area contributed by atoms with Crippen LogP contribution < -0.4 is 20.4 Å². The average molecular weight is 439 g/mol. The molecule has 166 valence electrons. The summed E-state index contributed by atoms with van der Waals surface area (Å²) >= 11 is 5.53. The van der Waals surface area contributed by atoms with Crippen LogP contribution in [0.2, 0.25) is 0 Å². The van der Waals surface area contributed by atoms with Crippen molar-refractivity contribution in [3.05, 3.63) is 42.0 Å². The van der Waals surface area contributed by atoms with E-state index in [2.05, 4.69) is 63.8 Å². The highest BCUT2D eigenvalue weighted by atomic mass is 32.1. The third-order valence-corrected chi connectivity index (χ3v) is 6.35. The third-order valence-electron chi connectivity index (χ3n) is 6.11. The summed E-state index contributed by atoms with van der Waals surface area (Å²) in [7, 11) is 0. The third kappa shape index (κ3) is 6.29. The Morgan fingerprint density at radius 2 is 1.74 bits per heavy atom. The van der Waals surface area contributed by atoms with Crippen molar-refractivity contribution in [2.24, 2.45) is 5.92 Å². The van der Waals surface area contributed by atoms with Crippen molar-refractivity contribution < 1.29 is 0 Å². The Kier molecular flexibility index (Phi) is 7.57. The molecule has 2 aliphatic rings. The molecule has 4 rings (SSSR count). The Balaban J connectivity index is 1.38. The van der Waals surface area contributed by atoms with Crippen molar-refractivity contribution in [3.8, 4) is 0 Å². The number of nitrogens with zero attached hydrogens (tertiary/aromatic N) is 4. The molecule has 31 heavy (non-hydrogen) atoms. The summed E-state index contributed by atoms with van der Waals surface area (Å²) in [4.78, 5) is 14.4. The fourth-order valence-electron chi connectivity index (χ4n) is 4.43. The summed E-state index contributed by atoms with van der Waals surface area (Å²) in [6.45, 7) is 7.38. The first-order valence-corrected chi connectivity index (χ1v) is 12.1. The second-order valence-corrected chi connectivity index (χ2v) is 9.17. The van der Waals surface area contributed by atoms with E-state index in [1.807, 2.05) is 0 Å². The highest BCUT2D eigenvalue weighted by Crippen LogP contribution is 2.27. The molecule has 2 aliphatic heterocycles. The molecule has 1 aromatic heterocycles. The van der Waals surface area contributed by atoms with Gasteiger partial charge >= 0.3 is 0 Å². The van der Waals surface area contributed by atoms with Crippen LogP contribution in [0.1, 0.15) is 44.6 Å². The van der Waals surface area contributed by atoms with E-state index in [4.69, 9.17) is 22.2 Å². The zero-order valence-electron chi connectivity index (χ0n) is 18.5. The van der Waals surface area contributed by atoms with Gasteiger partial charge < -0.3 is 20.4 Å². The molecule has 0 aliphatic carbocycles. The first-order chi connectivity index (χ1) is 15.2. The van der Waals surface area contributed by atoms with E-state index >= 15 is 0 Å². The van der Waals surface area contributed by atoms with Gasteiger partial charge in [0, 0.05) is 38.8 Å². The molecule has 2 saturated heterocycles. The molecular formula is C24H34N6S. The minimum atomic E-state index is 0.588. The first kappa shape index (κ1) is 21.8. The van der Waals surface area contributed by atoms with Crippen molar-refractivity contribution in [1.82, 2.24) is 15.3 Å². The molecule has 0 saturated carbocycles. The Hall–Kier alpha value is -2.41. The summed E-state index contributed by atoms with van der Waals surface area (Å²) in [5, 5.41) is 7.14. The van der Waals surface area contributed by atoms with Gasteiger partial charge in [-0.15, -0.1) is 0 Å². The second-order valence-electron chi connectivity index (χ2n) is 8.77. The Morgan fingerprint density at radius 3 is 2.48 bits per heavy atom. The molecule has 0 spiro atoms. The Labute approximate surface area is 191 Å². The molecule has 7 heteroatoms. The number of aromatic nitrogens is 2. The number of hydrogen-bond acceptors (Lipinski definition) is 5. The van der Waals surface area contributed by atoms with Gasteiger partial charge in [0.05, 0.1) is 0 Å². The number of thiocarbonyl (C=S) groups is 1. The lowest BCUT2D eigenvalue weighted by atomic mass is 10.0. The summed E-state index contributed by atoms with van der Waals surface area (Å²) in [6, 6.07) is 12.7. The van der Waals surface area contributed by atoms with E-state index in [1.54, 1.807) is 0 Å². The predicted molar refractivity (Wildman–Crippen MR) is 133 cm³/mol. The molecule has 0 bridgehead atoms. The van der Waals surface area contributed by atoms with Gasteiger partial charge in [-0.2, -0.15) is 9.97 Å². The molecule has 2 N–H and O–H groups in total. The van der Waals surface area contributed by atoms with Gasteiger partial charge in [0.25, 0.3) is 0 Å². The van der Waals surface area contributed by atoms with Crippen molar-refractivity contribution in [1.29, 1.82) is 0 Å². The fourth-order valence-corrected chi connectivity index (χ4v) is 4.62. The summed E-state index contributed by atoms with van der Waals surface area (Å²) in [5.74, 6) is 3.31. The van der Waals surface area contributed by atoms with E-state index in [-0.39, 0.29) is 0 Å². The normalized spacial score (nSPS) is 18.8. The van der Waals surface area contributed by atoms with Crippen LogP contribution in [0, 0.1) is 5.92 Å². The van der Waals surface area contributed by atoms with E-state index in [0.717, 1.165) is 57.2 Å². The number of anilines is 3. The number of rotatable bonds is 7. The smallest absolute Gasteiger partial charge is 0.232 e. The number of piperidine rings is 1. The number of hydrogen-bond donors (Lipinski definition) is 2.